The first-order chi connectivity index (χ1) is 12.1. The number of nitrogens with zero attached hydrogens (tertiary/aromatic N) is 2. The van der Waals surface area contributed by atoms with Crippen LogP contribution in [0.15, 0.2) is 28.8 Å². The molecule has 0 aliphatic rings. The molecule has 0 aliphatic carbocycles. The van der Waals surface area contributed by atoms with Crippen molar-refractivity contribution in [2.45, 2.75) is 39.2 Å². The second-order valence-electron chi connectivity index (χ2n) is 5.38. The lowest BCUT2D eigenvalue weighted by molar-refractivity contribution is -0.137. The number of carboxylic acid groups (broad SMARTS) is 1. The maximum absolute atomic E-state index is 12.0. The highest BCUT2D eigenvalue weighted by atomic mass is 16.5. The Labute approximate surface area is 145 Å². The van der Waals surface area contributed by atoms with E-state index in [2.05, 4.69) is 15.5 Å². The number of carbonyl (C=O) groups is 2. The fraction of sp³-hybridized carbons (Fsp3) is 0.412. The molecule has 1 aromatic heterocycles. The van der Waals surface area contributed by atoms with E-state index in [9.17, 15) is 9.59 Å². The maximum atomic E-state index is 12.0. The van der Waals surface area contributed by atoms with Gasteiger partial charge in [-0.05, 0) is 37.1 Å². The summed E-state index contributed by atoms with van der Waals surface area (Å²) in [7, 11) is 0. The van der Waals surface area contributed by atoms with Gasteiger partial charge in [0, 0.05) is 24.9 Å². The van der Waals surface area contributed by atoms with E-state index in [1.807, 2.05) is 6.92 Å². The van der Waals surface area contributed by atoms with Crippen molar-refractivity contribution in [3.8, 4) is 5.75 Å². The molecule has 0 aliphatic heterocycles. The lowest BCUT2D eigenvalue weighted by Crippen LogP contribution is -2.24. The van der Waals surface area contributed by atoms with Crippen LogP contribution in [0.25, 0.3) is 0 Å². The number of ether oxygens (including phenoxy) is 1. The molecule has 2 N–H and O–H groups in total. The summed E-state index contributed by atoms with van der Waals surface area (Å²) in [5.41, 5.74) is 0.512. The summed E-state index contributed by atoms with van der Waals surface area (Å²) in [5, 5.41) is 15.1. The Morgan fingerprint density at radius 3 is 2.64 bits per heavy atom. The third-order valence-corrected chi connectivity index (χ3v) is 3.40. The van der Waals surface area contributed by atoms with Gasteiger partial charge in [-0.1, -0.05) is 12.1 Å². The molecule has 2 rings (SSSR count). The number of benzene rings is 1. The van der Waals surface area contributed by atoms with E-state index in [1.54, 1.807) is 24.3 Å². The smallest absolute Gasteiger partial charge is 0.303 e. The Hall–Kier alpha value is -2.90. The molecule has 1 aromatic carbocycles. The van der Waals surface area contributed by atoms with Crippen LogP contribution in [-0.2, 0) is 17.8 Å². The summed E-state index contributed by atoms with van der Waals surface area (Å²) < 4.78 is 10.5. The molecule has 25 heavy (non-hydrogen) atoms. The number of carbonyl (C=O) groups excluding carboxylic acids is 1. The highest BCUT2D eigenvalue weighted by Gasteiger charge is 2.07. The van der Waals surface area contributed by atoms with Crippen molar-refractivity contribution in [2.75, 3.05) is 6.54 Å². The second-order valence-corrected chi connectivity index (χ2v) is 5.38. The van der Waals surface area contributed by atoms with Gasteiger partial charge >= 0.3 is 5.97 Å². The average Bonchev–Trinajstić information content (AvgIpc) is 3.08. The lowest BCUT2D eigenvalue weighted by atomic mass is 10.2. The van der Waals surface area contributed by atoms with Gasteiger partial charge in [-0.3, -0.25) is 9.59 Å². The first-order valence-electron chi connectivity index (χ1n) is 8.12. The summed E-state index contributed by atoms with van der Waals surface area (Å²) in [6.07, 6.45) is 1.96. The van der Waals surface area contributed by atoms with Crippen LogP contribution in [0.4, 0.5) is 0 Å². The van der Waals surface area contributed by atoms with Gasteiger partial charge in [0.2, 0.25) is 11.7 Å². The largest absolute Gasteiger partial charge is 0.485 e. The highest BCUT2D eigenvalue weighted by molar-refractivity contribution is 5.94. The number of unbranched alkanes of at least 4 members (excludes halogenated alkanes) is 1. The minimum atomic E-state index is -0.825. The minimum Gasteiger partial charge on any atom is -0.485 e. The number of rotatable bonds is 10. The minimum absolute atomic E-state index is 0.113. The van der Waals surface area contributed by atoms with Gasteiger partial charge in [0.25, 0.3) is 5.91 Å². The standard InChI is InChI=1S/C17H21N3O5/c1-2-15-19-14(20-25-15)11-24-13-8-6-12(7-9-13)17(23)18-10-4-3-5-16(21)22/h6-9H,2-5,10-11H2,1H3,(H,18,23)(H,21,22). The molecule has 0 unspecified atom stereocenters. The molecular weight excluding hydrogens is 326 g/mol. The van der Waals surface area contributed by atoms with Crippen molar-refractivity contribution in [3.05, 3.63) is 41.5 Å². The van der Waals surface area contributed by atoms with Gasteiger partial charge in [-0.15, -0.1) is 0 Å². The molecular formula is C17H21N3O5. The van der Waals surface area contributed by atoms with E-state index in [-0.39, 0.29) is 18.9 Å². The number of aryl methyl sites for hydroxylation is 1. The van der Waals surface area contributed by atoms with Crippen LogP contribution in [0.5, 0.6) is 5.75 Å². The van der Waals surface area contributed by atoms with E-state index in [0.717, 1.165) is 0 Å². The van der Waals surface area contributed by atoms with Gasteiger partial charge in [0.05, 0.1) is 0 Å². The molecule has 0 radical (unpaired) electrons. The van der Waals surface area contributed by atoms with Crippen molar-refractivity contribution in [3.63, 3.8) is 0 Å². The Bertz CT molecular complexity index is 697. The van der Waals surface area contributed by atoms with E-state index in [4.69, 9.17) is 14.4 Å². The molecule has 0 bridgehead atoms. The summed E-state index contributed by atoms with van der Waals surface area (Å²) in [5.74, 6) is 0.608. The fourth-order valence-corrected chi connectivity index (χ4v) is 2.05. The van der Waals surface area contributed by atoms with Gasteiger partial charge in [0.1, 0.15) is 5.75 Å². The Balaban J connectivity index is 1.74. The van der Waals surface area contributed by atoms with Crippen LogP contribution in [0.2, 0.25) is 0 Å². The summed E-state index contributed by atoms with van der Waals surface area (Å²) in [6, 6.07) is 6.71. The molecule has 1 amide bonds. The van der Waals surface area contributed by atoms with Gasteiger partial charge in [-0.2, -0.15) is 4.98 Å². The maximum Gasteiger partial charge on any atom is 0.303 e. The lowest BCUT2D eigenvalue weighted by Gasteiger charge is -2.06. The van der Waals surface area contributed by atoms with Crippen LogP contribution < -0.4 is 10.1 Å². The number of hydrogen-bond donors (Lipinski definition) is 2. The number of carboxylic acids is 1. The number of nitrogens with one attached hydrogen (secondary N) is 1. The average molecular weight is 347 g/mol. The third-order valence-electron chi connectivity index (χ3n) is 3.40. The predicted molar refractivity (Wildman–Crippen MR) is 88.3 cm³/mol. The summed E-state index contributed by atoms with van der Waals surface area (Å²) in [6.45, 7) is 2.56. The second kappa shape index (κ2) is 9.41. The number of amides is 1. The van der Waals surface area contributed by atoms with Gasteiger partial charge < -0.3 is 19.7 Å². The summed E-state index contributed by atoms with van der Waals surface area (Å²) >= 11 is 0. The Morgan fingerprint density at radius 1 is 1.24 bits per heavy atom. The van der Waals surface area contributed by atoms with Crippen LogP contribution in [0.3, 0.4) is 0 Å². The zero-order chi connectivity index (χ0) is 18.1. The van der Waals surface area contributed by atoms with E-state index in [0.29, 0.717) is 48.8 Å². The van der Waals surface area contributed by atoms with Crippen molar-refractivity contribution in [2.24, 2.45) is 0 Å². The van der Waals surface area contributed by atoms with Crippen molar-refractivity contribution >= 4 is 11.9 Å². The quantitative estimate of drug-likeness (QED) is 0.633. The number of aromatic nitrogens is 2. The molecule has 134 valence electrons. The summed E-state index contributed by atoms with van der Waals surface area (Å²) in [4.78, 5) is 26.5. The number of hydrogen-bond acceptors (Lipinski definition) is 6. The zero-order valence-corrected chi connectivity index (χ0v) is 14.0. The van der Waals surface area contributed by atoms with Crippen LogP contribution >= 0.6 is 0 Å². The Morgan fingerprint density at radius 2 is 2.00 bits per heavy atom. The topological polar surface area (TPSA) is 115 Å². The normalized spacial score (nSPS) is 10.4. The SMILES string of the molecule is CCc1nc(COc2ccc(C(=O)NCCCCC(=O)O)cc2)no1. The van der Waals surface area contributed by atoms with Crippen LogP contribution in [0.1, 0.15) is 48.3 Å². The first-order valence-corrected chi connectivity index (χ1v) is 8.12. The monoisotopic (exact) mass is 347 g/mol. The molecule has 1 heterocycles. The highest BCUT2D eigenvalue weighted by Crippen LogP contribution is 2.14. The molecule has 8 heteroatoms. The molecule has 8 nitrogen and oxygen atoms in total. The van der Waals surface area contributed by atoms with E-state index in [1.165, 1.54) is 0 Å². The first kappa shape index (κ1) is 18.4. The predicted octanol–water partition coefficient (Wildman–Crippen LogP) is 2.20. The molecule has 0 fully saturated rings. The molecule has 0 spiro atoms. The molecule has 2 aromatic rings. The van der Waals surface area contributed by atoms with E-state index >= 15 is 0 Å². The molecule has 0 saturated carbocycles. The van der Waals surface area contributed by atoms with Crippen molar-refractivity contribution in [1.82, 2.24) is 15.5 Å². The van der Waals surface area contributed by atoms with Crippen molar-refractivity contribution < 1.29 is 24.0 Å². The third kappa shape index (κ3) is 6.25. The molecule has 0 atom stereocenters. The van der Waals surface area contributed by atoms with Crippen LogP contribution in [0, 0.1) is 0 Å². The van der Waals surface area contributed by atoms with E-state index < -0.39 is 5.97 Å². The molecule has 0 saturated heterocycles. The number of aliphatic carboxylic acids is 1. The van der Waals surface area contributed by atoms with Crippen molar-refractivity contribution in [1.29, 1.82) is 0 Å². The van der Waals surface area contributed by atoms with Gasteiger partial charge in [-0.25, -0.2) is 0 Å². The fourth-order valence-electron chi connectivity index (χ4n) is 2.05. The van der Waals surface area contributed by atoms with Gasteiger partial charge in [0.15, 0.2) is 6.61 Å². The zero-order valence-electron chi connectivity index (χ0n) is 14.0. The Kier molecular flexibility index (Phi) is 6.94. The van der Waals surface area contributed by atoms with Crippen LogP contribution in [-0.4, -0.2) is 33.7 Å².